The van der Waals surface area contributed by atoms with Gasteiger partial charge in [-0.05, 0) is 37.8 Å². The fourth-order valence-electron chi connectivity index (χ4n) is 2.77. The third-order valence-corrected chi connectivity index (χ3v) is 5.01. The normalized spacial score (nSPS) is 24.8. The van der Waals surface area contributed by atoms with Crippen molar-refractivity contribution >= 4 is 11.3 Å². The number of aliphatic hydroxyl groups is 1. The van der Waals surface area contributed by atoms with Gasteiger partial charge in [0.25, 0.3) is 0 Å². The van der Waals surface area contributed by atoms with Crippen LogP contribution in [0.2, 0.25) is 0 Å². The SMILES string of the molecule is Cc1ccc(CNCC(O)COC2CCCCC2C)s1. The Morgan fingerprint density at radius 3 is 2.90 bits per heavy atom. The highest BCUT2D eigenvalue weighted by Gasteiger charge is 2.22. The molecule has 0 saturated heterocycles. The molecule has 2 N–H and O–H groups in total. The molecule has 0 amide bonds. The van der Waals surface area contributed by atoms with Crippen molar-refractivity contribution in [1.29, 1.82) is 0 Å². The van der Waals surface area contributed by atoms with Crippen LogP contribution >= 0.6 is 11.3 Å². The monoisotopic (exact) mass is 297 g/mol. The molecular weight excluding hydrogens is 270 g/mol. The lowest BCUT2D eigenvalue weighted by Crippen LogP contribution is -2.34. The van der Waals surface area contributed by atoms with E-state index in [0.717, 1.165) is 13.0 Å². The van der Waals surface area contributed by atoms with Crippen LogP contribution in [0.3, 0.4) is 0 Å². The van der Waals surface area contributed by atoms with Gasteiger partial charge in [0.15, 0.2) is 0 Å². The van der Waals surface area contributed by atoms with Crippen molar-refractivity contribution in [3.63, 3.8) is 0 Å². The first-order valence-corrected chi connectivity index (χ1v) is 8.52. The van der Waals surface area contributed by atoms with Gasteiger partial charge in [0.05, 0.1) is 18.8 Å². The molecule has 1 heterocycles. The number of nitrogens with one attached hydrogen (secondary N) is 1. The highest BCUT2D eigenvalue weighted by atomic mass is 32.1. The maximum absolute atomic E-state index is 9.97. The molecule has 1 aromatic rings. The van der Waals surface area contributed by atoms with Crippen LogP contribution in [-0.2, 0) is 11.3 Å². The molecule has 1 saturated carbocycles. The Morgan fingerprint density at radius 1 is 1.40 bits per heavy atom. The van der Waals surface area contributed by atoms with E-state index in [4.69, 9.17) is 4.74 Å². The summed E-state index contributed by atoms with van der Waals surface area (Å²) in [5.41, 5.74) is 0. The molecule has 1 aliphatic carbocycles. The number of aryl methyl sites for hydroxylation is 1. The van der Waals surface area contributed by atoms with E-state index in [1.807, 2.05) is 0 Å². The Hall–Kier alpha value is -0.420. The minimum absolute atomic E-state index is 0.346. The van der Waals surface area contributed by atoms with E-state index >= 15 is 0 Å². The molecule has 3 atom stereocenters. The van der Waals surface area contributed by atoms with Crippen LogP contribution in [-0.4, -0.2) is 30.5 Å². The first-order valence-electron chi connectivity index (χ1n) is 7.71. The number of hydrogen-bond acceptors (Lipinski definition) is 4. The molecule has 2 rings (SSSR count). The number of hydrogen-bond donors (Lipinski definition) is 2. The summed E-state index contributed by atoms with van der Waals surface area (Å²) in [7, 11) is 0. The summed E-state index contributed by atoms with van der Waals surface area (Å²) in [5, 5.41) is 13.3. The molecule has 20 heavy (non-hydrogen) atoms. The van der Waals surface area contributed by atoms with Crippen LogP contribution in [0, 0.1) is 12.8 Å². The molecule has 3 nitrogen and oxygen atoms in total. The van der Waals surface area contributed by atoms with Crippen molar-refractivity contribution in [3.8, 4) is 0 Å². The van der Waals surface area contributed by atoms with E-state index in [0.29, 0.717) is 25.2 Å². The van der Waals surface area contributed by atoms with E-state index in [-0.39, 0.29) is 0 Å². The summed E-state index contributed by atoms with van der Waals surface area (Å²) in [5.74, 6) is 0.637. The minimum Gasteiger partial charge on any atom is -0.389 e. The van der Waals surface area contributed by atoms with Gasteiger partial charge in [-0.1, -0.05) is 19.8 Å². The Bertz CT molecular complexity index is 394. The quantitative estimate of drug-likeness (QED) is 0.812. The second-order valence-electron chi connectivity index (χ2n) is 5.93. The second-order valence-corrected chi connectivity index (χ2v) is 7.30. The molecule has 114 valence electrons. The second kappa shape index (κ2) is 8.13. The van der Waals surface area contributed by atoms with E-state index in [2.05, 4.69) is 31.3 Å². The van der Waals surface area contributed by atoms with E-state index in [9.17, 15) is 5.11 Å². The predicted molar refractivity (Wildman–Crippen MR) is 84.1 cm³/mol. The number of rotatable bonds is 7. The van der Waals surface area contributed by atoms with Gasteiger partial charge in [-0.15, -0.1) is 11.3 Å². The van der Waals surface area contributed by atoms with Gasteiger partial charge in [0, 0.05) is 22.8 Å². The third-order valence-electron chi connectivity index (χ3n) is 4.01. The fraction of sp³-hybridized carbons (Fsp3) is 0.750. The van der Waals surface area contributed by atoms with Crippen LogP contribution < -0.4 is 5.32 Å². The van der Waals surface area contributed by atoms with E-state index < -0.39 is 6.10 Å². The average Bonchev–Trinajstić information content (AvgIpc) is 2.83. The smallest absolute Gasteiger partial charge is 0.0897 e. The van der Waals surface area contributed by atoms with Gasteiger partial charge >= 0.3 is 0 Å². The third kappa shape index (κ3) is 5.17. The molecule has 0 aromatic carbocycles. The summed E-state index contributed by atoms with van der Waals surface area (Å²) < 4.78 is 5.88. The van der Waals surface area contributed by atoms with Gasteiger partial charge in [0.2, 0.25) is 0 Å². The van der Waals surface area contributed by atoms with E-state index in [1.54, 1.807) is 11.3 Å². The maximum atomic E-state index is 9.97. The van der Waals surface area contributed by atoms with E-state index in [1.165, 1.54) is 29.0 Å². The Morgan fingerprint density at radius 2 is 2.20 bits per heavy atom. The largest absolute Gasteiger partial charge is 0.389 e. The van der Waals surface area contributed by atoms with Crippen molar-refractivity contribution in [2.75, 3.05) is 13.2 Å². The Labute approximate surface area is 126 Å². The summed E-state index contributed by atoms with van der Waals surface area (Å²) in [6, 6.07) is 4.27. The topological polar surface area (TPSA) is 41.5 Å². The van der Waals surface area contributed by atoms with Crippen LogP contribution in [0.5, 0.6) is 0 Å². The zero-order valence-electron chi connectivity index (χ0n) is 12.6. The van der Waals surface area contributed by atoms with Gasteiger partial charge in [0.1, 0.15) is 0 Å². The van der Waals surface area contributed by atoms with Crippen molar-refractivity contribution in [2.45, 2.75) is 58.3 Å². The highest BCUT2D eigenvalue weighted by Crippen LogP contribution is 2.26. The molecule has 0 bridgehead atoms. The number of ether oxygens (including phenoxy) is 1. The predicted octanol–water partition coefficient (Wildman–Crippen LogP) is 3.10. The average molecular weight is 297 g/mol. The van der Waals surface area contributed by atoms with Gasteiger partial charge in [-0.25, -0.2) is 0 Å². The van der Waals surface area contributed by atoms with Crippen LogP contribution in [0.1, 0.15) is 42.4 Å². The minimum atomic E-state index is -0.412. The maximum Gasteiger partial charge on any atom is 0.0897 e. The lowest BCUT2D eigenvalue weighted by Gasteiger charge is -2.29. The number of aliphatic hydroxyl groups excluding tert-OH is 1. The van der Waals surface area contributed by atoms with Crippen LogP contribution in [0.25, 0.3) is 0 Å². The van der Waals surface area contributed by atoms with Crippen molar-refractivity contribution in [3.05, 3.63) is 21.9 Å². The van der Waals surface area contributed by atoms with Crippen molar-refractivity contribution in [2.24, 2.45) is 5.92 Å². The molecule has 1 aliphatic rings. The molecule has 1 aromatic heterocycles. The zero-order valence-corrected chi connectivity index (χ0v) is 13.4. The highest BCUT2D eigenvalue weighted by molar-refractivity contribution is 7.11. The summed E-state index contributed by atoms with van der Waals surface area (Å²) in [6.07, 6.45) is 4.93. The first-order chi connectivity index (χ1) is 9.65. The molecular formula is C16H27NO2S. The molecule has 0 radical (unpaired) electrons. The molecule has 0 aliphatic heterocycles. The summed E-state index contributed by atoms with van der Waals surface area (Å²) in [6.45, 7) is 6.24. The lowest BCUT2D eigenvalue weighted by molar-refractivity contribution is -0.0451. The van der Waals surface area contributed by atoms with Crippen molar-refractivity contribution in [1.82, 2.24) is 5.32 Å². The molecule has 0 spiro atoms. The van der Waals surface area contributed by atoms with Gasteiger partial charge < -0.3 is 15.2 Å². The fourth-order valence-corrected chi connectivity index (χ4v) is 3.63. The molecule has 4 heteroatoms. The van der Waals surface area contributed by atoms with Crippen LogP contribution in [0.4, 0.5) is 0 Å². The standard InChI is InChI=1S/C16H27NO2S/c1-12-5-3-4-6-16(12)19-11-14(18)9-17-10-15-8-7-13(2)20-15/h7-8,12,14,16-18H,3-6,9-11H2,1-2H3. The Balaban J connectivity index is 1.59. The molecule has 3 unspecified atom stereocenters. The summed E-state index contributed by atoms with van der Waals surface area (Å²) >= 11 is 1.80. The Kier molecular flexibility index (Phi) is 6.49. The number of thiophene rings is 1. The molecule has 1 fully saturated rings. The summed E-state index contributed by atoms with van der Waals surface area (Å²) in [4.78, 5) is 2.65. The van der Waals surface area contributed by atoms with Crippen LogP contribution in [0.15, 0.2) is 12.1 Å². The van der Waals surface area contributed by atoms with Crippen molar-refractivity contribution < 1.29 is 9.84 Å². The lowest BCUT2D eigenvalue weighted by atomic mass is 9.88. The van der Waals surface area contributed by atoms with Gasteiger partial charge in [-0.2, -0.15) is 0 Å². The first kappa shape index (κ1) is 16.0. The zero-order chi connectivity index (χ0) is 14.4. The van der Waals surface area contributed by atoms with Gasteiger partial charge in [-0.3, -0.25) is 0 Å².